The van der Waals surface area contributed by atoms with Crippen molar-refractivity contribution >= 4 is 23.5 Å². The standard InChI is InChI=1S/C17H20BNO2/c1-12(18-20-16(2,3)17(4,5)21-18)14-10-13-8-6-7-9-15(13)19-11-14/h6-11H,1H2,2-5H3. The molecule has 4 heteroatoms. The van der Waals surface area contributed by atoms with E-state index in [-0.39, 0.29) is 11.2 Å². The van der Waals surface area contributed by atoms with E-state index in [1.165, 1.54) is 0 Å². The maximum Gasteiger partial charge on any atom is 0.494 e. The Balaban J connectivity index is 1.91. The molecule has 1 aliphatic rings. The molecule has 0 radical (unpaired) electrons. The van der Waals surface area contributed by atoms with Crippen LogP contribution in [0.2, 0.25) is 0 Å². The Labute approximate surface area is 126 Å². The highest BCUT2D eigenvalue weighted by Gasteiger charge is 2.52. The normalized spacial score (nSPS) is 19.9. The molecule has 0 saturated carbocycles. The molecule has 2 heterocycles. The van der Waals surface area contributed by atoms with Gasteiger partial charge in [0.15, 0.2) is 0 Å². The summed E-state index contributed by atoms with van der Waals surface area (Å²) in [5.74, 6) is 0. The first-order valence-corrected chi connectivity index (χ1v) is 7.20. The molecule has 21 heavy (non-hydrogen) atoms. The lowest BCUT2D eigenvalue weighted by Crippen LogP contribution is -2.41. The molecule has 1 aromatic heterocycles. The minimum absolute atomic E-state index is 0.356. The first-order valence-electron chi connectivity index (χ1n) is 7.20. The lowest BCUT2D eigenvalue weighted by atomic mass is 9.75. The summed E-state index contributed by atoms with van der Waals surface area (Å²) in [4.78, 5) is 4.47. The zero-order chi connectivity index (χ0) is 15.3. The van der Waals surface area contributed by atoms with Crippen molar-refractivity contribution < 1.29 is 9.31 Å². The van der Waals surface area contributed by atoms with E-state index in [2.05, 4.69) is 17.6 Å². The van der Waals surface area contributed by atoms with Gasteiger partial charge in [-0.1, -0.05) is 24.8 Å². The SMILES string of the molecule is C=C(B1OC(C)(C)C(C)(C)O1)c1cnc2ccccc2c1. The summed E-state index contributed by atoms with van der Waals surface area (Å²) in [6.07, 6.45) is 1.83. The average molecular weight is 281 g/mol. The summed E-state index contributed by atoms with van der Waals surface area (Å²) in [6, 6.07) is 10.1. The second kappa shape index (κ2) is 4.68. The zero-order valence-corrected chi connectivity index (χ0v) is 13.0. The smallest absolute Gasteiger partial charge is 0.399 e. The third-order valence-corrected chi connectivity index (χ3v) is 4.50. The summed E-state index contributed by atoms with van der Waals surface area (Å²) >= 11 is 0. The number of nitrogens with zero attached hydrogens (tertiary/aromatic N) is 1. The number of hydrogen-bond donors (Lipinski definition) is 0. The number of fused-ring (bicyclic) bond motifs is 1. The van der Waals surface area contributed by atoms with Crippen LogP contribution in [-0.2, 0) is 9.31 Å². The first-order chi connectivity index (χ1) is 9.80. The first kappa shape index (κ1) is 14.3. The summed E-state index contributed by atoms with van der Waals surface area (Å²) in [5.41, 5.74) is 2.03. The van der Waals surface area contributed by atoms with E-state index < -0.39 is 7.12 Å². The van der Waals surface area contributed by atoms with Crippen LogP contribution >= 0.6 is 0 Å². The van der Waals surface area contributed by atoms with Gasteiger partial charge in [-0.05, 0) is 50.9 Å². The largest absolute Gasteiger partial charge is 0.494 e. The van der Waals surface area contributed by atoms with E-state index in [1.807, 2.05) is 58.2 Å². The van der Waals surface area contributed by atoms with Crippen LogP contribution in [0.4, 0.5) is 0 Å². The predicted molar refractivity (Wildman–Crippen MR) is 86.9 cm³/mol. The quantitative estimate of drug-likeness (QED) is 0.783. The third-order valence-electron chi connectivity index (χ3n) is 4.50. The van der Waals surface area contributed by atoms with E-state index in [4.69, 9.17) is 9.31 Å². The van der Waals surface area contributed by atoms with E-state index in [1.54, 1.807) is 0 Å². The molecule has 0 atom stereocenters. The van der Waals surface area contributed by atoms with Crippen LogP contribution in [0.25, 0.3) is 16.4 Å². The molecule has 3 nitrogen and oxygen atoms in total. The molecular formula is C17H20BNO2. The molecule has 0 spiro atoms. The summed E-state index contributed by atoms with van der Waals surface area (Å²) in [7, 11) is -0.432. The fourth-order valence-corrected chi connectivity index (χ4v) is 2.37. The monoisotopic (exact) mass is 281 g/mol. The summed E-state index contributed by atoms with van der Waals surface area (Å²) < 4.78 is 12.1. The van der Waals surface area contributed by atoms with Gasteiger partial charge in [0.1, 0.15) is 0 Å². The summed E-state index contributed by atoms with van der Waals surface area (Å²) in [5, 5.41) is 1.09. The van der Waals surface area contributed by atoms with Crippen LogP contribution in [0.3, 0.4) is 0 Å². The molecule has 0 N–H and O–H groups in total. The maximum absolute atomic E-state index is 6.04. The molecular weight excluding hydrogens is 261 g/mol. The van der Waals surface area contributed by atoms with Crippen molar-refractivity contribution in [1.82, 2.24) is 4.98 Å². The highest BCUT2D eigenvalue weighted by atomic mass is 16.7. The Morgan fingerprint density at radius 2 is 1.71 bits per heavy atom. The molecule has 0 bridgehead atoms. The van der Waals surface area contributed by atoms with Gasteiger partial charge in [-0.15, -0.1) is 0 Å². The van der Waals surface area contributed by atoms with E-state index in [0.717, 1.165) is 21.9 Å². The lowest BCUT2D eigenvalue weighted by molar-refractivity contribution is 0.00578. The molecule has 2 aromatic rings. The van der Waals surface area contributed by atoms with E-state index in [0.29, 0.717) is 0 Å². The van der Waals surface area contributed by atoms with Crippen molar-refractivity contribution in [1.29, 1.82) is 0 Å². The number of pyridine rings is 1. The fraction of sp³-hybridized carbons (Fsp3) is 0.353. The molecule has 108 valence electrons. The second-order valence-corrected chi connectivity index (χ2v) is 6.53. The molecule has 0 amide bonds. The van der Waals surface area contributed by atoms with Gasteiger partial charge in [-0.25, -0.2) is 0 Å². The van der Waals surface area contributed by atoms with Crippen molar-refractivity contribution in [2.45, 2.75) is 38.9 Å². The molecule has 1 aromatic carbocycles. The van der Waals surface area contributed by atoms with Crippen LogP contribution in [0, 0.1) is 0 Å². The van der Waals surface area contributed by atoms with Crippen molar-refractivity contribution in [2.24, 2.45) is 0 Å². The maximum atomic E-state index is 6.04. The van der Waals surface area contributed by atoms with E-state index >= 15 is 0 Å². The highest BCUT2D eigenvalue weighted by molar-refractivity contribution is 6.68. The number of aromatic nitrogens is 1. The Morgan fingerprint density at radius 3 is 2.38 bits per heavy atom. The van der Waals surface area contributed by atoms with Gasteiger partial charge >= 0.3 is 7.12 Å². The van der Waals surface area contributed by atoms with Crippen molar-refractivity contribution in [3.8, 4) is 0 Å². The number of hydrogen-bond acceptors (Lipinski definition) is 3. The number of benzene rings is 1. The minimum atomic E-state index is -0.432. The van der Waals surface area contributed by atoms with Gasteiger partial charge in [0.05, 0.1) is 16.7 Å². The number of rotatable bonds is 2. The van der Waals surface area contributed by atoms with E-state index in [9.17, 15) is 0 Å². The van der Waals surface area contributed by atoms with Gasteiger partial charge in [-0.3, -0.25) is 4.98 Å². The molecule has 0 unspecified atom stereocenters. The van der Waals surface area contributed by atoms with Crippen molar-refractivity contribution in [3.05, 3.63) is 48.7 Å². The Morgan fingerprint density at radius 1 is 1.10 bits per heavy atom. The Hall–Kier alpha value is -1.65. The van der Waals surface area contributed by atoms with Crippen LogP contribution in [-0.4, -0.2) is 23.3 Å². The van der Waals surface area contributed by atoms with Crippen LogP contribution < -0.4 is 0 Å². The van der Waals surface area contributed by atoms with Crippen LogP contribution in [0.1, 0.15) is 33.3 Å². The highest BCUT2D eigenvalue weighted by Crippen LogP contribution is 2.40. The van der Waals surface area contributed by atoms with Gasteiger partial charge in [0.25, 0.3) is 0 Å². The molecule has 1 aliphatic heterocycles. The van der Waals surface area contributed by atoms with Gasteiger partial charge in [-0.2, -0.15) is 0 Å². The molecule has 3 rings (SSSR count). The van der Waals surface area contributed by atoms with Gasteiger partial charge in [0.2, 0.25) is 0 Å². The van der Waals surface area contributed by atoms with Gasteiger partial charge < -0.3 is 9.31 Å². The predicted octanol–water partition coefficient (Wildman–Crippen LogP) is 3.88. The second-order valence-electron chi connectivity index (χ2n) is 6.53. The molecule has 1 saturated heterocycles. The topological polar surface area (TPSA) is 31.4 Å². The van der Waals surface area contributed by atoms with Crippen molar-refractivity contribution in [3.63, 3.8) is 0 Å². The minimum Gasteiger partial charge on any atom is -0.399 e. The molecule has 1 fully saturated rings. The Bertz CT molecular complexity index is 693. The lowest BCUT2D eigenvalue weighted by Gasteiger charge is -2.32. The van der Waals surface area contributed by atoms with Crippen LogP contribution in [0.15, 0.2) is 43.1 Å². The average Bonchev–Trinajstić information content (AvgIpc) is 2.66. The zero-order valence-electron chi connectivity index (χ0n) is 13.0. The number of para-hydroxylation sites is 1. The molecule has 0 aliphatic carbocycles. The summed E-state index contributed by atoms with van der Waals surface area (Å²) in [6.45, 7) is 12.3. The Kier molecular flexibility index (Phi) is 3.19. The van der Waals surface area contributed by atoms with Crippen molar-refractivity contribution in [2.75, 3.05) is 0 Å². The third kappa shape index (κ3) is 2.39. The van der Waals surface area contributed by atoms with Gasteiger partial charge in [0, 0.05) is 11.6 Å². The fourth-order valence-electron chi connectivity index (χ4n) is 2.37. The van der Waals surface area contributed by atoms with Crippen LogP contribution in [0.5, 0.6) is 0 Å².